The monoisotopic (exact) mass is 1050 g/mol. The Kier molecular flexibility index (Phi) is 10.5. The highest BCUT2D eigenvalue weighted by molar-refractivity contribution is 7.25. The normalized spacial score (nSPS) is 12.9. The van der Waals surface area contributed by atoms with Gasteiger partial charge < -0.3 is 18.8 Å². The molecule has 0 N–H and O–H groups in total. The van der Waals surface area contributed by atoms with E-state index in [2.05, 4.69) is 272 Å². The molecule has 3 aromatic heterocycles. The van der Waals surface area contributed by atoms with E-state index in [0.29, 0.717) is 0 Å². The molecule has 0 saturated carbocycles. The molecule has 0 atom stereocenters. The zero-order valence-corrected chi connectivity index (χ0v) is 46.1. The van der Waals surface area contributed by atoms with Gasteiger partial charge in [-0.25, -0.2) is 0 Å². The standard InChI is InChI=1S/C74H56BN3OS/c1-5-6-23-55-63(38-39-71-72(55)56-26-15-18-29-70(56)80-71)78-66-44-51(76-61-27-16-13-24-53(61)57-40-48(30-36-64(57)76)46-19-9-7-10-20-46)32-34-59(66)75-60-35-33-52(45-68(60)79-69-43-50(74(2,3)4)42-67(78)73(69)75)77-62-28-17-14-25-54(62)58-41-49(31-37-65(58)77)47-21-11-8-12-22-47/h7-22,24-45H,5-6,23H2,1-4H3. The molecule has 0 amide bonds. The van der Waals surface area contributed by atoms with E-state index in [4.69, 9.17) is 4.74 Å². The lowest BCUT2D eigenvalue weighted by atomic mass is 9.34. The van der Waals surface area contributed by atoms with Crippen molar-refractivity contribution in [3.63, 3.8) is 0 Å². The molecule has 2 aliphatic heterocycles. The number of hydrogen-bond donors (Lipinski definition) is 0. The minimum atomic E-state index is -0.179. The Balaban J connectivity index is 0.951. The zero-order chi connectivity index (χ0) is 53.4. The van der Waals surface area contributed by atoms with Gasteiger partial charge in [0, 0.05) is 76.2 Å². The Morgan fingerprint density at radius 1 is 0.438 bits per heavy atom. The van der Waals surface area contributed by atoms with Crippen molar-refractivity contribution < 1.29 is 4.74 Å². The average Bonchev–Trinajstić information content (AvgIpc) is 3.95. The quantitative estimate of drug-likeness (QED) is 0.142. The molecule has 11 aromatic carbocycles. The van der Waals surface area contributed by atoms with Gasteiger partial charge in [-0.15, -0.1) is 11.3 Å². The van der Waals surface area contributed by atoms with Crippen molar-refractivity contribution >= 4 is 115 Å². The summed E-state index contributed by atoms with van der Waals surface area (Å²) in [6.07, 6.45) is 3.16. The van der Waals surface area contributed by atoms with E-state index in [-0.39, 0.29) is 12.1 Å². The van der Waals surface area contributed by atoms with Crippen LogP contribution in [-0.2, 0) is 11.8 Å². The van der Waals surface area contributed by atoms with Crippen molar-refractivity contribution in [1.29, 1.82) is 0 Å². The van der Waals surface area contributed by atoms with Gasteiger partial charge in [0.2, 0.25) is 0 Å². The summed E-state index contributed by atoms with van der Waals surface area (Å²) in [6.45, 7) is 9.22. The number of unbranched alkanes of at least 4 members (excludes halogenated alkanes) is 1. The van der Waals surface area contributed by atoms with E-state index in [1.807, 2.05) is 11.3 Å². The summed E-state index contributed by atoms with van der Waals surface area (Å²) in [5.74, 6) is 1.81. The van der Waals surface area contributed by atoms with Gasteiger partial charge in [0.25, 0.3) is 6.71 Å². The van der Waals surface area contributed by atoms with Crippen LogP contribution >= 0.6 is 11.3 Å². The molecule has 382 valence electrons. The average molecular weight is 1050 g/mol. The Hall–Kier alpha value is -9.10. The number of nitrogens with zero attached hydrogens (tertiary/aromatic N) is 3. The fraction of sp³-hybridized carbons (Fsp3) is 0.108. The van der Waals surface area contributed by atoms with Crippen LogP contribution < -0.4 is 26.0 Å². The minimum Gasteiger partial charge on any atom is -0.458 e. The molecule has 2 aliphatic rings. The molecular formula is C74H56BN3OS. The highest BCUT2D eigenvalue weighted by Gasteiger charge is 2.44. The van der Waals surface area contributed by atoms with Gasteiger partial charge in [0.05, 0.1) is 22.1 Å². The highest BCUT2D eigenvalue weighted by atomic mass is 32.1. The van der Waals surface area contributed by atoms with Crippen LogP contribution in [-0.4, -0.2) is 15.8 Å². The topological polar surface area (TPSA) is 22.3 Å². The largest absolute Gasteiger partial charge is 0.458 e. The molecule has 0 bridgehead atoms. The molecule has 14 aromatic rings. The number of aryl methyl sites for hydroxylation is 1. The second-order valence-corrected chi connectivity index (χ2v) is 24.1. The third-order valence-electron chi connectivity index (χ3n) is 17.3. The minimum absolute atomic E-state index is 0.102. The van der Waals surface area contributed by atoms with Crippen molar-refractivity contribution in [2.45, 2.75) is 52.4 Å². The summed E-state index contributed by atoms with van der Waals surface area (Å²) < 4.78 is 15.1. The maximum atomic E-state index is 7.49. The molecule has 16 rings (SSSR count). The van der Waals surface area contributed by atoms with Crippen molar-refractivity contribution in [2.75, 3.05) is 4.90 Å². The van der Waals surface area contributed by atoms with Gasteiger partial charge in [-0.1, -0.05) is 174 Å². The second kappa shape index (κ2) is 18.0. The van der Waals surface area contributed by atoms with Gasteiger partial charge >= 0.3 is 0 Å². The first-order valence-corrected chi connectivity index (χ1v) is 29.1. The Morgan fingerprint density at radius 2 is 1.01 bits per heavy atom. The lowest BCUT2D eigenvalue weighted by molar-refractivity contribution is 0.483. The number of aromatic nitrogens is 2. The SMILES string of the molecule is CCCCc1c(N2c3cc(-n4c5ccccc5c5cc(-c6ccccc6)ccc54)ccc3B3c4ccc(-n5c6ccccc6c6cc(-c7ccccc7)ccc65)cc4Oc4cc(C(C)(C)C)cc2c43)ccc2sc3ccccc3c12. The molecule has 0 fully saturated rings. The van der Waals surface area contributed by atoms with E-state index < -0.39 is 0 Å². The van der Waals surface area contributed by atoms with Crippen molar-refractivity contribution in [3.05, 3.63) is 242 Å². The van der Waals surface area contributed by atoms with E-state index in [1.165, 1.54) is 131 Å². The van der Waals surface area contributed by atoms with Crippen molar-refractivity contribution in [2.24, 2.45) is 0 Å². The molecule has 5 heterocycles. The number of benzene rings is 11. The number of para-hydroxylation sites is 2. The fourth-order valence-corrected chi connectivity index (χ4v) is 14.6. The van der Waals surface area contributed by atoms with Crippen molar-refractivity contribution in [3.8, 4) is 45.1 Å². The van der Waals surface area contributed by atoms with Crippen LogP contribution in [0.2, 0.25) is 0 Å². The molecule has 0 aliphatic carbocycles. The predicted molar refractivity (Wildman–Crippen MR) is 342 cm³/mol. The first-order valence-electron chi connectivity index (χ1n) is 28.3. The van der Waals surface area contributed by atoms with Crippen LogP contribution in [0.15, 0.2) is 231 Å². The number of anilines is 3. The molecule has 0 spiro atoms. The van der Waals surface area contributed by atoms with E-state index in [1.54, 1.807) is 0 Å². The van der Waals surface area contributed by atoms with Crippen LogP contribution in [0.4, 0.5) is 17.1 Å². The smallest absolute Gasteiger partial charge is 0.256 e. The summed E-state index contributed by atoms with van der Waals surface area (Å²) in [6, 6.07) is 86.1. The van der Waals surface area contributed by atoms with Crippen molar-refractivity contribution in [1.82, 2.24) is 9.13 Å². The van der Waals surface area contributed by atoms with Gasteiger partial charge in [-0.3, -0.25) is 0 Å². The predicted octanol–water partition coefficient (Wildman–Crippen LogP) is 18.6. The molecule has 6 heteroatoms. The Labute approximate surface area is 470 Å². The lowest BCUT2D eigenvalue weighted by Gasteiger charge is -2.42. The van der Waals surface area contributed by atoms with E-state index in [0.717, 1.165) is 42.1 Å². The highest BCUT2D eigenvalue weighted by Crippen LogP contribution is 2.49. The first kappa shape index (κ1) is 47.0. The fourth-order valence-electron chi connectivity index (χ4n) is 13.5. The maximum Gasteiger partial charge on any atom is 0.256 e. The third-order valence-corrected chi connectivity index (χ3v) is 18.5. The van der Waals surface area contributed by atoms with Gasteiger partial charge in [0.15, 0.2) is 0 Å². The number of fused-ring (bicyclic) bond motifs is 13. The van der Waals surface area contributed by atoms with Gasteiger partial charge in [0.1, 0.15) is 11.5 Å². The Bertz CT molecular complexity index is 4850. The maximum absolute atomic E-state index is 7.49. The molecule has 80 heavy (non-hydrogen) atoms. The molecule has 0 saturated heterocycles. The summed E-state index contributed by atoms with van der Waals surface area (Å²) in [7, 11) is 0. The number of ether oxygens (including phenoxy) is 1. The molecule has 4 nitrogen and oxygen atoms in total. The number of thiophene rings is 1. The van der Waals surface area contributed by atoms with E-state index in [9.17, 15) is 0 Å². The second-order valence-electron chi connectivity index (χ2n) is 23.0. The lowest BCUT2D eigenvalue weighted by Crippen LogP contribution is -2.59. The van der Waals surface area contributed by atoms with Crippen LogP contribution in [0.1, 0.15) is 51.7 Å². The summed E-state index contributed by atoms with van der Waals surface area (Å²) >= 11 is 1.91. The van der Waals surface area contributed by atoms with Crippen LogP contribution in [0, 0.1) is 0 Å². The van der Waals surface area contributed by atoms with E-state index >= 15 is 0 Å². The van der Waals surface area contributed by atoms with Gasteiger partial charge in [-0.05, 0) is 153 Å². The Morgan fingerprint density at radius 3 is 1.65 bits per heavy atom. The van der Waals surface area contributed by atoms with Gasteiger partial charge in [-0.2, -0.15) is 0 Å². The summed E-state index contributed by atoms with van der Waals surface area (Å²) in [4.78, 5) is 2.65. The number of rotatable bonds is 8. The third kappa shape index (κ3) is 7.14. The zero-order valence-electron chi connectivity index (χ0n) is 45.3. The number of hydrogen-bond acceptors (Lipinski definition) is 3. The molecular weight excluding hydrogens is 990 g/mol. The molecule has 0 unspecified atom stereocenters. The molecule has 0 radical (unpaired) electrons. The summed E-state index contributed by atoms with van der Waals surface area (Å²) in [5, 5.41) is 7.66. The van der Waals surface area contributed by atoms with Crippen LogP contribution in [0.5, 0.6) is 11.5 Å². The van der Waals surface area contributed by atoms with Crippen LogP contribution in [0.3, 0.4) is 0 Å². The summed E-state index contributed by atoms with van der Waals surface area (Å²) in [5.41, 5.74) is 21.5. The first-order chi connectivity index (χ1) is 39.3. The van der Waals surface area contributed by atoms with Crippen LogP contribution in [0.25, 0.3) is 97.4 Å².